The number of hydrogen-bond acceptors (Lipinski definition) is 3. The van der Waals surface area contributed by atoms with Crippen molar-refractivity contribution in [3.63, 3.8) is 0 Å². The number of rotatable bonds is 5. The Bertz CT molecular complexity index is 653. The van der Waals surface area contributed by atoms with Crippen LogP contribution in [0.2, 0.25) is 0 Å². The molecule has 1 aromatic carbocycles. The van der Waals surface area contributed by atoms with E-state index in [1.54, 1.807) is 30.1 Å². The van der Waals surface area contributed by atoms with E-state index in [0.29, 0.717) is 18.0 Å². The molecular weight excluding hydrogens is 345 g/mol. The van der Waals surface area contributed by atoms with E-state index in [1.165, 1.54) is 12.5 Å². The van der Waals surface area contributed by atoms with Crippen molar-refractivity contribution in [2.75, 3.05) is 39.8 Å². The molecule has 1 aromatic rings. The van der Waals surface area contributed by atoms with Gasteiger partial charge in [0.15, 0.2) is 0 Å². The summed E-state index contributed by atoms with van der Waals surface area (Å²) in [5, 5.41) is 0. The van der Waals surface area contributed by atoms with Crippen molar-refractivity contribution in [1.82, 2.24) is 14.7 Å². The summed E-state index contributed by atoms with van der Waals surface area (Å²) >= 11 is 0. The first kappa shape index (κ1) is 19.8. The predicted molar refractivity (Wildman–Crippen MR) is 102 cm³/mol. The van der Waals surface area contributed by atoms with Crippen molar-refractivity contribution in [2.45, 2.75) is 38.6 Å². The topological polar surface area (TPSA) is 43.9 Å². The highest BCUT2D eigenvalue weighted by Crippen LogP contribution is 2.22. The van der Waals surface area contributed by atoms with Gasteiger partial charge in [-0.05, 0) is 51.3 Å². The zero-order valence-corrected chi connectivity index (χ0v) is 16.2. The van der Waals surface area contributed by atoms with Gasteiger partial charge < -0.3 is 9.80 Å². The summed E-state index contributed by atoms with van der Waals surface area (Å²) < 4.78 is 13.8. The van der Waals surface area contributed by atoms with Crippen LogP contribution < -0.4 is 0 Å². The standard InChI is InChI=1S/C21H30FN3O2/c1-23(15-18-7-3-4-8-19(18)22)20(26)16-24-13-9-17(10-14-24)21(27)25-11-5-2-6-12-25/h3-4,7-8,17H,2,5-6,9-16H2,1H3. The highest BCUT2D eigenvalue weighted by molar-refractivity contribution is 5.79. The molecule has 0 bridgehead atoms. The summed E-state index contributed by atoms with van der Waals surface area (Å²) in [5.74, 6) is 0.108. The van der Waals surface area contributed by atoms with Crippen LogP contribution in [0, 0.1) is 11.7 Å². The molecule has 6 heteroatoms. The summed E-state index contributed by atoms with van der Waals surface area (Å²) in [6, 6.07) is 6.55. The van der Waals surface area contributed by atoms with Crippen LogP contribution >= 0.6 is 0 Å². The molecule has 0 N–H and O–H groups in total. The molecule has 2 aliphatic rings. The normalized spacial score (nSPS) is 19.1. The number of amides is 2. The number of hydrogen-bond donors (Lipinski definition) is 0. The Morgan fingerprint density at radius 3 is 2.41 bits per heavy atom. The van der Waals surface area contributed by atoms with Gasteiger partial charge in [0, 0.05) is 38.2 Å². The van der Waals surface area contributed by atoms with Gasteiger partial charge in [-0.15, -0.1) is 0 Å². The van der Waals surface area contributed by atoms with Crippen molar-refractivity contribution in [3.05, 3.63) is 35.6 Å². The molecule has 0 saturated carbocycles. The maximum absolute atomic E-state index is 13.8. The van der Waals surface area contributed by atoms with Crippen LogP contribution in [0.15, 0.2) is 24.3 Å². The molecule has 2 aliphatic heterocycles. The Hall–Kier alpha value is -1.95. The average Bonchev–Trinajstić information content (AvgIpc) is 2.70. The molecule has 0 atom stereocenters. The molecule has 2 saturated heterocycles. The van der Waals surface area contributed by atoms with E-state index < -0.39 is 0 Å². The van der Waals surface area contributed by atoms with E-state index in [1.807, 2.05) is 4.90 Å². The Labute approximate surface area is 161 Å². The highest BCUT2D eigenvalue weighted by Gasteiger charge is 2.30. The largest absolute Gasteiger partial charge is 0.342 e. The zero-order chi connectivity index (χ0) is 19.2. The van der Waals surface area contributed by atoms with Crippen molar-refractivity contribution in [2.24, 2.45) is 5.92 Å². The quantitative estimate of drug-likeness (QED) is 0.794. The summed E-state index contributed by atoms with van der Waals surface area (Å²) in [4.78, 5) is 30.8. The molecule has 2 heterocycles. The van der Waals surface area contributed by atoms with Gasteiger partial charge in [0.1, 0.15) is 5.82 Å². The van der Waals surface area contributed by atoms with Crippen molar-refractivity contribution >= 4 is 11.8 Å². The third-order valence-electron chi connectivity index (χ3n) is 5.75. The number of likely N-dealkylation sites (N-methyl/N-ethyl adjacent to an activating group) is 1. The van der Waals surface area contributed by atoms with E-state index in [-0.39, 0.29) is 24.2 Å². The summed E-state index contributed by atoms with van der Waals surface area (Å²) in [7, 11) is 1.71. The van der Waals surface area contributed by atoms with E-state index in [9.17, 15) is 14.0 Å². The molecule has 148 valence electrons. The fourth-order valence-corrected chi connectivity index (χ4v) is 3.99. The smallest absolute Gasteiger partial charge is 0.236 e. The van der Waals surface area contributed by atoms with Gasteiger partial charge in [-0.3, -0.25) is 14.5 Å². The van der Waals surface area contributed by atoms with Gasteiger partial charge in [-0.25, -0.2) is 4.39 Å². The molecule has 0 unspecified atom stereocenters. The fraction of sp³-hybridized carbons (Fsp3) is 0.619. The maximum atomic E-state index is 13.8. The van der Waals surface area contributed by atoms with Gasteiger partial charge in [-0.2, -0.15) is 0 Å². The van der Waals surface area contributed by atoms with Crippen LogP contribution in [0.25, 0.3) is 0 Å². The number of carbonyl (C=O) groups is 2. The number of halogens is 1. The SMILES string of the molecule is CN(Cc1ccccc1F)C(=O)CN1CCC(C(=O)N2CCCCC2)CC1. The monoisotopic (exact) mass is 375 g/mol. The number of piperidine rings is 2. The lowest BCUT2D eigenvalue weighted by atomic mass is 9.94. The van der Waals surface area contributed by atoms with Crippen molar-refractivity contribution < 1.29 is 14.0 Å². The van der Waals surface area contributed by atoms with Crippen LogP contribution in [0.3, 0.4) is 0 Å². The number of benzene rings is 1. The highest BCUT2D eigenvalue weighted by atomic mass is 19.1. The maximum Gasteiger partial charge on any atom is 0.236 e. The minimum absolute atomic E-state index is 0.0148. The Morgan fingerprint density at radius 2 is 1.74 bits per heavy atom. The molecule has 0 aliphatic carbocycles. The Balaban J connectivity index is 1.43. The molecule has 27 heavy (non-hydrogen) atoms. The first-order valence-corrected chi connectivity index (χ1v) is 10.0. The minimum Gasteiger partial charge on any atom is -0.342 e. The number of nitrogens with zero attached hydrogens (tertiary/aromatic N) is 3. The molecule has 0 radical (unpaired) electrons. The van der Waals surface area contributed by atoms with Crippen LogP contribution in [-0.2, 0) is 16.1 Å². The minimum atomic E-state index is -0.283. The summed E-state index contributed by atoms with van der Waals surface area (Å²) in [6.07, 6.45) is 5.10. The Morgan fingerprint density at radius 1 is 1.07 bits per heavy atom. The summed E-state index contributed by atoms with van der Waals surface area (Å²) in [6.45, 7) is 3.94. The van der Waals surface area contributed by atoms with E-state index in [0.717, 1.165) is 51.9 Å². The van der Waals surface area contributed by atoms with Gasteiger partial charge in [-0.1, -0.05) is 18.2 Å². The molecule has 2 amide bonds. The third kappa shape index (κ3) is 5.28. The molecule has 0 spiro atoms. The van der Waals surface area contributed by atoms with E-state index in [4.69, 9.17) is 0 Å². The second-order valence-electron chi connectivity index (χ2n) is 7.78. The van der Waals surface area contributed by atoms with Crippen molar-refractivity contribution in [1.29, 1.82) is 0 Å². The van der Waals surface area contributed by atoms with Crippen LogP contribution in [0.5, 0.6) is 0 Å². The molecule has 5 nitrogen and oxygen atoms in total. The van der Waals surface area contributed by atoms with Crippen LogP contribution in [0.4, 0.5) is 4.39 Å². The molecule has 3 rings (SSSR count). The van der Waals surface area contributed by atoms with E-state index in [2.05, 4.69) is 4.90 Å². The van der Waals surface area contributed by atoms with Gasteiger partial charge in [0.25, 0.3) is 0 Å². The average molecular weight is 375 g/mol. The molecular formula is C21H30FN3O2. The van der Waals surface area contributed by atoms with Gasteiger partial charge in [0.05, 0.1) is 6.54 Å². The van der Waals surface area contributed by atoms with Crippen LogP contribution in [-0.4, -0.2) is 66.3 Å². The lowest BCUT2D eigenvalue weighted by Gasteiger charge is -2.35. The first-order valence-electron chi connectivity index (χ1n) is 10.0. The zero-order valence-electron chi connectivity index (χ0n) is 16.2. The predicted octanol–water partition coefficient (Wildman–Crippen LogP) is 2.51. The van der Waals surface area contributed by atoms with Gasteiger partial charge in [0.2, 0.25) is 11.8 Å². The third-order valence-corrected chi connectivity index (χ3v) is 5.75. The second kappa shape index (κ2) is 9.31. The Kier molecular flexibility index (Phi) is 6.83. The van der Waals surface area contributed by atoms with Gasteiger partial charge >= 0.3 is 0 Å². The first-order chi connectivity index (χ1) is 13.0. The fourth-order valence-electron chi connectivity index (χ4n) is 3.99. The number of likely N-dealkylation sites (tertiary alicyclic amines) is 2. The van der Waals surface area contributed by atoms with E-state index >= 15 is 0 Å². The van der Waals surface area contributed by atoms with Crippen LogP contribution in [0.1, 0.15) is 37.7 Å². The lowest BCUT2D eigenvalue weighted by Crippen LogP contribution is -2.46. The summed E-state index contributed by atoms with van der Waals surface area (Å²) in [5.41, 5.74) is 0.527. The second-order valence-corrected chi connectivity index (χ2v) is 7.78. The molecule has 0 aromatic heterocycles. The molecule has 2 fully saturated rings. The van der Waals surface area contributed by atoms with Crippen molar-refractivity contribution in [3.8, 4) is 0 Å². The lowest BCUT2D eigenvalue weighted by molar-refractivity contribution is -0.138. The number of carbonyl (C=O) groups excluding carboxylic acids is 2.